The number of halogens is 1. The molecule has 15 heavy (non-hydrogen) atoms. The van der Waals surface area contributed by atoms with E-state index in [0.717, 1.165) is 0 Å². The van der Waals surface area contributed by atoms with Crippen molar-refractivity contribution in [3.63, 3.8) is 0 Å². The number of pyridine rings is 1. The molecule has 2 N–H and O–H groups in total. The van der Waals surface area contributed by atoms with Crippen molar-refractivity contribution in [2.45, 2.75) is 12.2 Å². The van der Waals surface area contributed by atoms with E-state index < -0.39 is 17.1 Å². The van der Waals surface area contributed by atoms with Crippen molar-refractivity contribution >= 4 is 21.7 Å². The number of hydrogen-bond donors (Lipinski definition) is 2. The molecule has 1 aromatic heterocycles. The fourth-order valence-corrected chi connectivity index (χ4v) is 1.34. The van der Waals surface area contributed by atoms with Crippen LogP contribution < -0.4 is 0 Å². The average Bonchev–Trinajstić information content (AvgIpc) is 2.27. The van der Waals surface area contributed by atoms with Crippen molar-refractivity contribution < 1.29 is 15.1 Å². The van der Waals surface area contributed by atoms with Gasteiger partial charge in [0.25, 0.3) is 0 Å². The highest BCUT2D eigenvalue weighted by Crippen LogP contribution is 2.19. The Morgan fingerprint density at radius 2 is 2.20 bits per heavy atom. The second kappa shape index (κ2) is 5.15. The highest BCUT2D eigenvalue weighted by molar-refractivity contribution is 9.09. The summed E-state index contributed by atoms with van der Waals surface area (Å²) in [4.78, 5) is 13.2. The number of rotatable bonds is 4. The minimum atomic E-state index is -1.10. The van der Waals surface area contributed by atoms with E-state index in [4.69, 9.17) is 0 Å². The molecule has 0 spiro atoms. The van der Waals surface area contributed by atoms with Crippen molar-refractivity contribution in [1.29, 1.82) is 0 Å². The van der Waals surface area contributed by atoms with Gasteiger partial charge >= 0.3 is 5.82 Å². The summed E-state index contributed by atoms with van der Waals surface area (Å²) >= 11 is 3.01. The maximum atomic E-state index is 10.3. The normalized spacial score (nSPS) is 14.6. The predicted octanol–water partition coefficient (Wildman–Crippen LogP) is 0.779. The highest BCUT2D eigenvalue weighted by Gasteiger charge is 2.19. The summed E-state index contributed by atoms with van der Waals surface area (Å²) < 4.78 is 0. The van der Waals surface area contributed by atoms with Crippen LogP contribution in [0.2, 0.25) is 0 Å². The Balaban J connectivity index is 2.84. The van der Waals surface area contributed by atoms with Crippen LogP contribution in [0.4, 0.5) is 5.82 Å². The number of nitrogens with zero attached hydrogens (tertiary/aromatic N) is 2. The van der Waals surface area contributed by atoms with Crippen LogP contribution in [0.3, 0.4) is 0 Å². The summed E-state index contributed by atoms with van der Waals surface area (Å²) in [6.45, 7) is 0. The molecule has 1 rings (SSSR count). The summed E-state index contributed by atoms with van der Waals surface area (Å²) in [7, 11) is 0. The smallest absolute Gasteiger partial charge is 0.363 e. The molecule has 0 bridgehead atoms. The summed E-state index contributed by atoms with van der Waals surface area (Å²) in [5, 5.41) is 29.3. The van der Waals surface area contributed by atoms with Crippen LogP contribution in [0.5, 0.6) is 0 Å². The second-order valence-corrected chi connectivity index (χ2v) is 3.52. The van der Waals surface area contributed by atoms with Crippen LogP contribution in [0, 0.1) is 10.1 Å². The van der Waals surface area contributed by atoms with Crippen LogP contribution in [0.15, 0.2) is 18.3 Å². The van der Waals surface area contributed by atoms with Gasteiger partial charge in [-0.1, -0.05) is 15.9 Å². The zero-order valence-electron chi connectivity index (χ0n) is 7.58. The lowest BCUT2D eigenvalue weighted by atomic mass is 10.1. The fourth-order valence-electron chi connectivity index (χ4n) is 0.987. The van der Waals surface area contributed by atoms with Gasteiger partial charge in [0.1, 0.15) is 12.3 Å². The molecule has 7 heteroatoms. The van der Waals surface area contributed by atoms with Crippen molar-refractivity contribution in [3.05, 3.63) is 34.0 Å². The van der Waals surface area contributed by atoms with E-state index in [9.17, 15) is 20.3 Å². The summed E-state index contributed by atoms with van der Waals surface area (Å²) in [5.41, 5.74) is 0.340. The van der Waals surface area contributed by atoms with Gasteiger partial charge in [-0.05, 0) is 16.0 Å². The largest absolute Gasteiger partial charge is 0.389 e. The van der Waals surface area contributed by atoms with Gasteiger partial charge in [-0.15, -0.1) is 0 Å². The lowest BCUT2D eigenvalue weighted by molar-refractivity contribution is -0.389. The molecule has 1 aromatic rings. The Morgan fingerprint density at radius 1 is 1.53 bits per heavy atom. The van der Waals surface area contributed by atoms with Crippen LogP contribution in [0.1, 0.15) is 11.7 Å². The van der Waals surface area contributed by atoms with Gasteiger partial charge in [0.05, 0.1) is 6.10 Å². The second-order valence-electron chi connectivity index (χ2n) is 2.87. The number of aliphatic hydroxyl groups excluding tert-OH is 2. The van der Waals surface area contributed by atoms with E-state index in [0.29, 0.717) is 5.56 Å². The molecular formula is C8H9BrN2O4. The standard InChI is InChI=1S/C8H9BrN2O4/c9-3-6(12)8(13)5-1-2-7(10-4-5)11(14)15/h1-2,4,6,8,12-13H,3H2. The summed E-state index contributed by atoms with van der Waals surface area (Å²) in [6, 6.07) is 2.54. The van der Waals surface area contributed by atoms with Gasteiger partial charge in [0.2, 0.25) is 0 Å². The first-order valence-electron chi connectivity index (χ1n) is 4.08. The quantitative estimate of drug-likeness (QED) is 0.481. The minimum Gasteiger partial charge on any atom is -0.389 e. The highest BCUT2D eigenvalue weighted by atomic mass is 79.9. The third-order valence-electron chi connectivity index (χ3n) is 1.82. The Hall–Kier alpha value is -1.05. The van der Waals surface area contributed by atoms with Gasteiger partial charge in [0, 0.05) is 17.0 Å². The monoisotopic (exact) mass is 276 g/mol. The van der Waals surface area contributed by atoms with E-state index in [-0.39, 0.29) is 11.1 Å². The molecule has 1 heterocycles. The maximum Gasteiger partial charge on any atom is 0.363 e. The zero-order valence-corrected chi connectivity index (χ0v) is 9.16. The van der Waals surface area contributed by atoms with Crippen LogP contribution >= 0.6 is 15.9 Å². The average molecular weight is 277 g/mol. The van der Waals surface area contributed by atoms with Gasteiger partial charge in [-0.25, -0.2) is 0 Å². The molecule has 0 radical (unpaired) electrons. The number of nitro groups is 1. The fraction of sp³-hybridized carbons (Fsp3) is 0.375. The van der Waals surface area contributed by atoms with Crippen molar-refractivity contribution in [3.8, 4) is 0 Å². The van der Waals surface area contributed by atoms with Crippen molar-refractivity contribution in [2.75, 3.05) is 5.33 Å². The molecule has 0 aliphatic rings. The first kappa shape index (κ1) is 12.0. The molecule has 6 nitrogen and oxygen atoms in total. The van der Waals surface area contributed by atoms with Gasteiger partial charge < -0.3 is 20.3 Å². The zero-order chi connectivity index (χ0) is 11.4. The van der Waals surface area contributed by atoms with E-state index in [1.54, 1.807) is 0 Å². The topological polar surface area (TPSA) is 96.5 Å². The molecule has 2 atom stereocenters. The minimum absolute atomic E-state index is 0.213. The summed E-state index contributed by atoms with van der Waals surface area (Å²) in [5.74, 6) is -0.292. The molecule has 0 aromatic carbocycles. The third kappa shape index (κ3) is 2.95. The lowest BCUT2D eigenvalue weighted by Crippen LogP contribution is -2.19. The lowest BCUT2D eigenvalue weighted by Gasteiger charge is -2.13. The van der Waals surface area contributed by atoms with E-state index in [1.165, 1.54) is 18.3 Å². The first-order chi connectivity index (χ1) is 7.06. The molecule has 0 fully saturated rings. The van der Waals surface area contributed by atoms with Crippen LogP contribution in [0.25, 0.3) is 0 Å². The molecule has 0 saturated heterocycles. The number of hydrogen-bond acceptors (Lipinski definition) is 5. The molecule has 2 unspecified atom stereocenters. The number of aliphatic hydroxyl groups is 2. The number of alkyl halides is 1. The SMILES string of the molecule is O=[N+]([O-])c1ccc(C(O)C(O)CBr)cn1. The Bertz CT molecular complexity index is 343. The Kier molecular flexibility index (Phi) is 4.13. The Morgan fingerprint density at radius 3 is 2.60 bits per heavy atom. The predicted molar refractivity (Wildman–Crippen MR) is 55.7 cm³/mol. The molecule has 0 aliphatic carbocycles. The van der Waals surface area contributed by atoms with Crippen LogP contribution in [-0.2, 0) is 0 Å². The molecule has 0 amide bonds. The molecular weight excluding hydrogens is 268 g/mol. The van der Waals surface area contributed by atoms with Crippen molar-refractivity contribution in [2.24, 2.45) is 0 Å². The number of aromatic nitrogens is 1. The van der Waals surface area contributed by atoms with E-state index in [1.807, 2.05) is 0 Å². The summed E-state index contributed by atoms with van der Waals surface area (Å²) in [6.07, 6.45) is -0.889. The van der Waals surface area contributed by atoms with Gasteiger partial charge in [0.15, 0.2) is 0 Å². The Labute approximate surface area is 93.9 Å². The maximum absolute atomic E-state index is 10.3. The van der Waals surface area contributed by atoms with Crippen LogP contribution in [-0.4, -0.2) is 31.6 Å². The van der Waals surface area contributed by atoms with Gasteiger partial charge in [-0.2, -0.15) is 0 Å². The molecule has 0 saturated carbocycles. The van der Waals surface area contributed by atoms with Gasteiger partial charge in [-0.3, -0.25) is 0 Å². The van der Waals surface area contributed by atoms with E-state index in [2.05, 4.69) is 20.9 Å². The van der Waals surface area contributed by atoms with Crippen molar-refractivity contribution in [1.82, 2.24) is 4.98 Å². The molecule has 0 aliphatic heterocycles. The van der Waals surface area contributed by atoms with E-state index >= 15 is 0 Å². The third-order valence-corrected chi connectivity index (χ3v) is 2.49. The molecule has 82 valence electrons. The first-order valence-corrected chi connectivity index (χ1v) is 5.21.